The van der Waals surface area contributed by atoms with E-state index in [1.807, 2.05) is 0 Å². The number of aromatic hydroxyl groups is 1. The van der Waals surface area contributed by atoms with Crippen molar-refractivity contribution in [3.8, 4) is 11.5 Å². The zero-order chi connectivity index (χ0) is 20.4. The maximum Gasteiger partial charge on any atom is 0.344 e. The number of hydrogen-bond donors (Lipinski definition) is 2. The van der Waals surface area contributed by atoms with Crippen LogP contribution in [0, 0.1) is 6.92 Å². The second-order valence-corrected chi connectivity index (χ2v) is 7.12. The highest BCUT2D eigenvalue weighted by atomic mass is 32.2. The largest absolute Gasteiger partial charge is 0.508 e. The zero-order valence-electron chi connectivity index (χ0n) is 15.1. The van der Waals surface area contributed by atoms with Crippen LogP contribution in [0.2, 0.25) is 0 Å². The molecule has 0 radical (unpaired) electrons. The van der Waals surface area contributed by atoms with Crippen molar-refractivity contribution in [3.05, 3.63) is 58.5 Å². The number of aryl methyl sites for hydroxylation is 1. The lowest BCUT2D eigenvalue weighted by atomic mass is 10.1. The monoisotopic (exact) mass is 399 g/mol. The molecule has 2 N–H and O–H groups in total. The summed E-state index contributed by atoms with van der Waals surface area (Å²) in [5, 5.41) is 18.1. The Balaban J connectivity index is 1.94. The molecular weight excluding hydrogens is 382 g/mol. The maximum absolute atomic E-state index is 12.8. The third kappa shape index (κ3) is 3.86. The molecule has 1 fully saturated rings. The van der Waals surface area contributed by atoms with E-state index in [0.717, 1.165) is 16.7 Å². The summed E-state index contributed by atoms with van der Waals surface area (Å²) >= 11 is 0.782. The highest BCUT2D eigenvalue weighted by Crippen LogP contribution is 2.38. The number of ether oxygens (including phenoxy) is 1. The van der Waals surface area contributed by atoms with Crippen LogP contribution in [0.3, 0.4) is 0 Å². The number of carbonyl (C=O) groups excluding carboxylic acids is 2. The zero-order valence-corrected chi connectivity index (χ0v) is 15.9. The first-order valence-corrected chi connectivity index (χ1v) is 9.15. The molecule has 1 heterocycles. The van der Waals surface area contributed by atoms with Crippen molar-refractivity contribution >= 4 is 40.6 Å². The summed E-state index contributed by atoms with van der Waals surface area (Å²) in [7, 11) is 0. The number of hydrogen-bond acceptors (Lipinski definition) is 6. The number of carbonyl (C=O) groups is 3. The Morgan fingerprint density at radius 3 is 2.61 bits per heavy atom. The van der Waals surface area contributed by atoms with Crippen LogP contribution in [0.25, 0.3) is 6.08 Å². The summed E-state index contributed by atoms with van der Waals surface area (Å²) in [6.45, 7) is 3.10. The molecule has 8 heteroatoms. The molecule has 1 aliphatic heterocycles. The predicted octanol–water partition coefficient (Wildman–Crippen LogP) is 3.79. The molecule has 0 saturated carbocycles. The van der Waals surface area contributed by atoms with Gasteiger partial charge in [0, 0.05) is 5.56 Å². The van der Waals surface area contributed by atoms with Crippen LogP contribution in [-0.2, 0) is 9.59 Å². The molecule has 2 aromatic carbocycles. The van der Waals surface area contributed by atoms with Crippen LogP contribution < -0.4 is 9.64 Å². The van der Waals surface area contributed by atoms with Gasteiger partial charge >= 0.3 is 5.97 Å². The van der Waals surface area contributed by atoms with Crippen LogP contribution in [0.4, 0.5) is 10.5 Å². The molecule has 2 amide bonds. The van der Waals surface area contributed by atoms with Gasteiger partial charge in [0.15, 0.2) is 6.10 Å². The van der Waals surface area contributed by atoms with E-state index in [1.54, 1.807) is 31.2 Å². The van der Waals surface area contributed by atoms with Gasteiger partial charge in [-0.2, -0.15) is 0 Å². The summed E-state index contributed by atoms with van der Waals surface area (Å²) in [4.78, 5) is 37.5. The average Bonchev–Trinajstić information content (AvgIpc) is 2.90. The van der Waals surface area contributed by atoms with Gasteiger partial charge in [0.05, 0.1) is 10.6 Å². The van der Waals surface area contributed by atoms with Crippen LogP contribution in [-0.4, -0.2) is 33.4 Å². The first kappa shape index (κ1) is 19.5. The summed E-state index contributed by atoms with van der Waals surface area (Å²) in [5.74, 6) is -1.27. The summed E-state index contributed by atoms with van der Waals surface area (Å²) in [6.07, 6.45) is 0.439. The SMILES string of the molecule is Cc1cc(O)ccc1N1C(=O)S/C(=C/c2ccccc2OC(C)C(=O)O)C1=O. The van der Waals surface area contributed by atoms with Gasteiger partial charge in [-0.25, -0.2) is 9.69 Å². The van der Waals surface area contributed by atoms with Crippen LogP contribution >= 0.6 is 11.8 Å². The standard InChI is InChI=1S/C20H17NO6S/c1-11-9-14(22)7-8-15(11)21-18(23)17(28-20(21)26)10-13-5-3-4-6-16(13)27-12(2)19(24)25/h3-10,12,22H,1-2H3,(H,24,25)/b17-10+. The highest BCUT2D eigenvalue weighted by Gasteiger charge is 2.37. The smallest absolute Gasteiger partial charge is 0.344 e. The van der Waals surface area contributed by atoms with Crippen molar-refractivity contribution in [2.75, 3.05) is 4.90 Å². The molecule has 1 atom stereocenters. The number of rotatable bonds is 5. The first-order chi connectivity index (χ1) is 13.3. The number of thioether (sulfide) groups is 1. The minimum Gasteiger partial charge on any atom is -0.508 e. The molecule has 0 bridgehead atoms. The van der Waals surface area contributed by atoms with Crippen LogP contribution in [0.5, 0.6) is 11.5 Å². The summed E-state index contributed by atoms with van der Waals surface area (Å²) in [5.41, 5.74) is 1.47. The van der Waals surface area contributed by atoms with Gasteiger partial charge in [0.1, 0.15) is 11.5 Å². The number of phenols is 1. The normalized spacial score (nSPS) is 16.5. The van der Waals surface area contributed by atoms with Crippen molar-refractivity contribution in [2.45, 2.75) is 20.0 Å². The number of aliphatic carboxylic acids is 1. The Kier molecular flexibility index (Phi) is 5.41. The predicted molar refractivity (Wildman–Crippen MR) is 105 cm³/mol. The van der Waals surface area contributed by atoms with Gasteiger partial charge in [0.25, 0.3) is 11.1 Å². The fraction of sp³-hybridized carbons (Fsp3) is 0.150. The highest BCUT2D eigenvalue weighted by molar-refractivity contribution is 8.19. The molecule has 2 aromatic rings. The van der Waals surface area contributed by atoms with Gasteiger partial charge in [0.2, 0.25) is 0 Å². The van der Waals surface area contributed by atoms with Gasteiger partial charge in [-0.15, -0.1) is 0 Å². The Morgan fingerprint density at radius 1 is 1.21 bits per heavy atom. The third-order valence-corrected chi connectivity index (χ3v) is 4.94. The van der Waals surface area contributed by atoms with E-state index in [-0.39, 0.29) is 10.7 Å². The van der Waals surface area contributed by atoms with Crippen molar-refractivity contribution in [1.82, 2.24) is 0 Å². The lowest BCUT2D eigenvalue weighted by molar-refractivity contribution is -0.144. The molecule has 28 heavy (non-hydrogen) atoms. The molecule has 144 valence electrons. The lowest BCUT2D eigenvalue weighted by Crippen LogP contribution is -2.28. The molecular formula is C20H17NO6S. The van der Waals surface area contributed by atoms with Gasteiger partial charge in [-0.05, 0) is 61.5 Å². The molecule has 0 aromatic heterocycles. The van der Waals surface area contributed by atoms with Crippen molar-refractivity contribution in [3.63, 3.8) is 0 Å². The quantitative estimate of drug-likeness (QED) is 0.737. The maximum atomic E-state index is 12.8. The number of amides is 2. The number of anilines is 1. The molecule has 0 aliphatic carbocycles. The second kappa shape index (κ2) is 7.77. The number of carboxylic acid groups (broad SMARTS) is 1. The van der Waals surface area contributed by atoms with E-state index in [1.165, 1.54) is 31.2 Å². The minimum absolute atomic E-state index is 0.0439. The van der Waals surface area contributed by atoms with E-state index < -0.39 is 23.2 Å². The Morgan fingerprint density at radius 2 is 1.93 bits per heavy atom. The van der Waals surface area contributed by atoms with E-state index in [2.05, 4.69) is 0 Å². The Hall–Kier alpha value is -3.26. The topological polar surface area (TPSA) is 104 Å². The van der Waals surface area contributed by atoms with Crippen molar-refractivity contribution < 1.29 is 29.3 Å². The Labute approximate surface area is 165 Å². The number of para-hydroxylation sites is 1. The Bertz CT molecular complexity index is 1000. The number of phenolic OH excluding ortho intramolecular Hbond substituents is 1. The van der Waals surface area contributed by atoms with Crippen molar-refractivity contribution in [1.29, 1.82) is 0 Å². The number of imide groups is 1. The summed E-state index contributed by atoms with van der Waals surface area (Å²) in [6, 6.07) is 11.1. The van der Waals surface area contributed by atoms with E-state index in [4.69, 9.17) is 9.84 Å². The first-order valence-electron chi connectivity index (χ1n) is 8.34. The molecule has 7 nitrogen and oxygen atoms in total. The van der Waals surface area contributed by atoms with Crippen LogP contribution in [0.15, 0.2) is 47.4 Å². The van der Waals surface area contributed by atoms with Gasteiger partial charge in [-0.1, -0.05) is 18.2 Å². The fourth-order valence-electron chi connectivity index (χ4n) is 2.66. The molecule has 1 unspecified atom stereocenters. The third-order valence-electron chi connectivity index (χ3n) is 4.07. The number of benzene rings is 2. The van der Waals surface area contributed by atoms with E-state index in [9.17, 15) is 19.5 Å². The number of nitrogens with zero attached hydrogens (tertiary/aromatic N) is 1. The average molecular weight is 399 g/mol. The molecule has 1 saturated heterocycles. The number of carboxylic acids is 1. The molecule has 0 spiro atoms. The van der Waals surface area contributed by atoms with E-state index >= 15 is 0 Å². The molecule has 3 rings (SSSR count). The lowest BCUT2D eigenvalue weighted by Gasteiger charge is -2.15. The van der Waals surface area contributed by atoms with Gasteiger partial charge < -0.3 is 14.9 Å². The minimum atomic E-state index is -1.11. The fourth-order valence-corrected chi connectivity index (χ4v) is 3.48. The second-order valence-electron chi connectivity index (χ2n) is 6.12. The summed E-state index contributed by atoms with van der Waals surface area (Å²) < 4.78 is 5.43. The molecule has 1 aliphatic rings. The van der Waals surface area contributed by atoms with Gasteiger partial charge in [-0.3, -0.25) is 9.59 Å². The van der Waals surface area contributed by atoms with Crippen LogP contribution in [0.1, 0.15) is 18.1 Å². The van der Waals surface area contributed by atoms with Crippen molar-refractivity contribution in [2.24, 2.45) is 0 Å². The van der Waals surface area contributed by atoms with E-state index in [0.29, 0.717) is 22.6 Å².